The summed E-state index contributed by atoms with van der Waals surface area (Å²) in [5, 5.41) is 15.3. The first kappa shape index (κ1) is 21.4. The quantitative estimate of drug-likeness (QED) is 0.480. The molecule has 0 aliphatic carbocycles. The third-order valence-electron chi connectivity index (χ3n) is 4.59. The molecule has 1 heterocycles. The summed E-state index contributed by atoms with van der Waals surface area (Å²) in [4.78, 5) is 7.83. The monoisotopic (exact) mass is 412 g/mol. The Kier molecular flexibility index (Phi) is 8.09. The van der Waals surface area contributed by atoms with Gasteiger partial charge in [-0.2, -0.15) is 0 Å². The average Bonchev–Trinajstić information content (AvgIpc) is 3.18. The van der Waals surface area contributed by atoms with Gasteiger partial charge in [0, 0.05) is 31.1 Å². The maximum Gasteiger partial charge on any atom is 0.145 e. The summed E-state index contributed by atoms with van der Waals surface area (Å²) in [5.74, 6) is 2.41. The number of hydrogen-bond donors (Lipinski definition) is 1. The van der Waals surface area contributed by atoms with Gasteiger partial charge >= 0.3 is 0 Å². The fourth-order valence-corrected chi connectivity index (χ4v) is 3.40. The van der Waals surface area contributed by atoms with Crippen molar-refractivity contribution in [2.45, 2.75) is 25.2 Å². The second kappa shape index (κ2) is 11.0. The van der Waals surface area contributed by atoms with Crippen LogP contribution in [0.1, 0.15) is 17.5 Å². The number of aliphatic hydroxyl groups is 1. The lowest BCUT2D eigenvalue weighted by atomic mass is 10.0. The summed E-state index contributed by atoms with van der Waals surface area (Å²) < 4.78 is 5.27. The molecule has 2 atom stereocenters. The highest BCUT2D eigenvalue weighted by atomic mass is 35.5. The predicted octanol–water partition coefficient (Wildman–Crippen LogP) is 3.35. The SMILES string of the molecule is C#CCOC[C@@H](O)CN(Cc1ccccc1)C[C@@H]1CC(c2ccc(Cl)cc2)=NO1. The molecule has 0 radical (unpaired) electrons. The first-order valence-corrected chi connectivity index (χ1v) is 9.96. The maximum absolute atomic E-state index is 10.3. The Bertz CT molecular complexity index is 833. The number of rotatable bonds is 10. The Hall–Kier alpha value is -2.36. The summed E-state index contributed by atoms with van der Waals surface area (Å²) in [6.45, 7) is 2.19. The molecule has 6 heteroatoms. The summed E-state index contributed by atoms with van der Waals surface area (Å²) in [6.07, 6.45) is 5.18. The van der Waals surface area contributed by atoms with E-state index in [1.165, 1.54) is 5.56 Å². The normalized spacial score (nSPS) is 16.9. The molecule has 1 N–H and O–H groups in total. The third kappa shape index (κ3) is 6.88. The van der Waals surface area contributed by atoms with Crippen LogP contribution in [-0.4, -0.2) is 54.2 Å². The zero-order valence-electron chi connectivity index (χ0n) is 16.2. The number of aliphatic hydroxyl groups excluding tert-OH is 1. The van der Waals surface area contributed by atoms with Crippen molar-refractivity contribution in [2.24, 2.45) is 5.16 Å². The van der Waals surface area contributed by atoms with Crippen molar-refractivity contribution in [1.82, 2.24) is 4.90 Å². The number of oxime groups is 1. The Balaban J connectivity index is 1.59. The van der Waals surface area contributed by atoms with E-state index < -0.39 is 6.10 Å². The minimum absolute atomic E-state index is 0.0804. The Morgan fingerprint density at radius 3 is 2.72 bits per heavy atom. The van der Waals surface area contributed by atoms with Gasteiger partial charge in [-0.1, -0.05) is 65.1 Å². The first-order chi connectivity index (χ1) is 14.1. The van der Waals surface area contributed by atoms with E-state index in [0.29, 0.717) is 31.1 Å². The second-order valence-electron chi connectivity index (χ2n) is 7.03. The molecule has 0 fully saturated rings. The van der Waals surface area contributed by atoms with E-state index in [-0.39, 0.29) is 19.3 Å². The van der Waals surface area contributed by atoms with Gasteiger partial charge in [-0.25, -0.2) is 0 Å². The molecule has 0 aromatic heterocycles. The number of benzene rings is 2. The van der Waals surface area contributed by atoms with Gasteiger partial charge in [0.1, 0.15) is 12.7 Å². The molecule has 0 saturated carbocycles. The lowest BCUT2D eigenvalue weighted by Gasteiger charge is -2.26. The topological polar surface area (TPSA) is 54.3 Å². The van der Waals surface area contributed by atoms with Crippen LogP contribution in [0.2, 0.25) is 5.02 Å². The standard InChI is InChI=1S/C23H25ClN2O3/c1-2-12-28-17-21(27)15-26(14-18-6-4-3-5-7-18)16-22-13-23(25-29-22)19-8-10-20(24)11-9-19/h1,3-11,21-22,27H,12-17H2/t21-,22-/m0/s1. The lowest BCUT2D eigenvalue weighted by molar-refractivity contribution is 0.00418. The van der Waals surface area contributed by atoms with Crippen molar-refractivity contribution < 1.29 is 14.7 Å². The van der Waals surface area contributed by atoms with E-state index in [0.717, 1.165) is 11.3 Å². The highest BCUT2D eigenvalue weighted by Crippen LogP contribution is 2.20. The fourth-order valence-electron chi connectivity index (χ4n) is 3.28. The Labute approximate surface area is 176 Å². The zero-order chi connectivity index (χ0) is 20.5. The van der Waals surface area contributed by atoms with E-state index in [1.807, 2.05) is 42.5 Å². The van der Waals surface area contributed by atoms with Crippen LogP contribution in [-0.2, 0) is 16.1 Å². The van der Waals surface area contributed by atoms with E-state index in [9.17, 15) is 5.11 Å². The molecule has 29 heavy (non-hydrogen) atoms. The van der Waals surface area contributed by atoms with E-state index in [1.54, 1.807) is 0 Å². The van der Waals surface area contributed by atoms with Gasteiger partial charge < -0.3 is 14.7 Å². The molecule has 0 bridgehead atoms. The van der Waals surface area contributed by atoms with Gasteiger partial charge in [0.2, 0.25) is 0 Å². The molecule has 0 saturated heterocycles. The molecule has 0 amide bonds. The van der Waals surface area contributed by atoms with Crippen LogP contribution in [0.5, 0.6) is 0 Å². The number of ether oxygens (including phenoxy) is 1. The van der Waals surface area contributed by atoms with Gasteiger partial charge in [-0.15, -0.1) is 6.42 Å². The smallest absolute Gasteiger partial charge is 0.145 e. The lowest BCUT2D eigenvalue weighted by Crippen LogP contribution is -2.39. The van der Waals surface area contributed by atoms with Crippen molar-refractivity contribution in [3.8, 4) is 12.3 Å². The first-order valence-electron chi connectivity index (χ1n) is 9.58. The van der Waals surface area contributed by atoms with E-state index in [2.05, 4.69) is 28.1 Å². The van der Waals surface area contributed by atoms with Crippen molar-refractivity contribution >= 4 is 17.3 Å². The van der Waals surface area contributed by atoms with E-state index >= 15 is 0 Å². The molecule has 0 unspecified atom stereocenters. The summed E-state index contributed by atoms with van der Waals surface area (Å²) >= 11 is 5.96. The minimum Gasteiger partial charge on any atom is -0.390 e. The maximum atomic E-state index is 10.3. The number of nitrogens with zero attached hydrogens (tertiary/aromatic N) is 2. The highest BCUT2D eigenvalue weighted by molar-refractivity contribution is 6.30. The van der Waals surface area contributed by atoms with E-state index in [4.69, 9.17) is 27.6 Å². The van der Waals surface area contributed by atoms with Gasteiger partial charge in [-0.3, -0.25) is 4.90 Å². The highest BCUT2D eigenvalue weighted by Gasteiger charge is 2.25. The van der Waals surface area contributed by atoms with Gasteiger partial charge in [0.25, 0.3) is 0 Å². The van der Waals surface area contributed by atoms with Crippen LogP contribution in [0.4, 0.5) is 0 Å². The minimum atomic E-state index is -0.634. The molecular weight excluding hydrogens is 388 g/mol. The molecule has 3 rings (SSSR count). The molecular formula is C23H25ClN2O3. The molecule has 2 aromatic carbocycles. The average molecular weight is 413 g/mol. The molecule has 1 aliphatic heterocycles. The molecule has 2 aromatic rings. The van der Waals surface area contributed by atoms with Gasteiger partial charge in [-0.05, 0) is 23.3 Å². The number of hydrogen-bond acceptors (Lipinski definition) is 5. The zero-order valence-corrected chi connectivity index (χ0v) is 17.0. The van der Waals surface area contributed by atoms with Crippen LogP contribution in [0.25, 0.3) is 0 Å². The second-order valence-corrected chi connectivity index (χ2v) is 7.47. The van der Waals surface area contributed by atoms with Crippen molar-refractivity contribution in [3.63, 3.8) is 0 Å². The van der Waals surface area contributed by atoms with Crippen molar-refractivity contribution in [1.29, 1.82) is 0 Å². The predicted molar refractivity (Wildman–Crippen MR) is 115 cm³/mol. The number of halogens is 1. The summed E-state index contributed by atoms with van der Waals surface area (Å²) in [6, 6.07) is 17.7. The largest absolute Gasteiger partial charge is 0.390 e. The van der Waals surface area contributed by atoms with Crippen molar-refractivity contribution in [2.75, 3.05) is 26.3 Å². The van der Waals surface area contributed by atoms with Crippen LogP contribution < -0.4 is 0 Å². The Morgan fingerprint density at radius 1 is 1.24 bits per heavy atom. The summed E-state index contributed by atoms with van der Waals surface area (Å²) in [7, 11) is 0. The summed E-state index contributed by atoms with van der Waals surface area (Å²) in [5.41, 5.74) is 3.08. The molecule has 5 nitrogen and oxygen atoms in total. The number of terminal acetylenes is 1. The fraction of sp³-hybridized carbons (Fsp3) is 0.348. The Morgan fingerprint density at radius 2 is 2.00 bits per heavy atom. The third-order valence-corrected chi connectivity index (χ3v) is 4.84. The van der Waals surface area contributed by atoms with Crippen LogP contribution in [0.3, 0.4) is 0 Å². The van der Waals surface area contributed by atoms with Gasteiger partial charge in [0.05, 0.1) is 18.4 Å². The van der Waals surface area contributed by atoms with Crippen LogP contribution in [0, 0.1) is 12.3 Å². The molecule has 0 spiro atoms. The van der Waals surface area contributed by atoms with Gasteiger partial charge in [0.15, 0.2) is 0 Å². The van der Waals surface area contributed by atoms with Crippen LogP contribution in [0.15, 0.2) is 59.8 Å². The molecule has 152 valence electrons. The van der Waals surface area contributed by atoms with Crippen molar-refractivity contribution in [3.05, 3.63) is 70.7 Å². The van der Waals surface area contributed by atoms with Crippen LogP contribution >= 0.6 is 11.6 Å². The molecule has 1 aliphatic rings.